The maximum atomic E-state index is 11.2. The van der Waals surface area contributed by atoms with Crippen LogP contribution in [0.5, 0.6) is 0 Å². The Labute approximate surface area is 145 Å². The maximum Gasteiger partial charge on any atom is 0.233 e. The Bertz CT molecular complexity index is 423. The average Bonchev–Trinajstić information content (AvgIpc) is 2.48. The highest BCUT2D eigenvalue weighted by atomic mass is 35.5. The number of likely N-dealkylation sites (tertiary alicyclic amines) is 1. The first kappa shape index (κ1) is 21.2. The molecule has 1 aromatic carbocycles. The Morgan fingerprint density at radius 2 is 1.82 bits per heavy atom. The van der Waals surface area contributed by atoms with Crippen molar-refractivity contribution in [3.8, 4) is 0 Å². The first-order chi connectivity index (χ1) is 9.66. The third kappa shape index (κ3) is 6.53. The molecule has 22 heavy (non-hydrogen) atoms. The van der Waals surface area contributed by atoms with E-state index in [0.29, 0.717) is 0 Å². The van der Waals surface area contributed by atoms with Crippen LogP contribution in [0.4, 0.5) is 0 Å². The number of benzene rings is 1. The molecule has 1 saturated heterocycles. The number of amides is 1. The van der Waals surface area contributed by atoms with Gasteiger partial charge in [0.05, 0.1) is 6.04 Å². The molecule has 0 atom stereocenters. The number of hydrogen-bond acceptors (Lipinski definition) is 3. The summed E-state index contributed by atoms with van der Waals surface area (Å²) in [5.41, 5.74) is 1.41. The van der Waals surface area contributed by atoms with E-state index in [1.807, 2.05) is 0 Å². The summed E-state index contributed by atoms with van der Waals surface area (Å²) in [6.07, 6.45) is 4.30. The minimum atomic E-state index is -0.0347. The topological polar surface area (TPSA) is 49.6 Å². The lowest BCUT2D eigenvalue weighted by molar-refractivity contribution is -0.132. The summed E-state index contributed by atoms with van der Waals surface area (Å²) in [5, 5.41) is 1.40. The number of piperidine rings is 1. The molecular weight excluding hydrogens is 321 g/mol. The molecule has 0 aliphatic carbocycles. The molecule has 1 aromatic rings. The second-order valence-electron chi connectivity index (χ2n) is 5.59. The highest BCUT2D eigenvalue weighted by Gasteiger charge is 2.23. The molecule has 1 heterocycles. The molecule has 0 unspecified atom stereocenters. The van der Waals surface area contributed by atoms with E-state index in [1.165, 1.54) is 23.9 Å². The van der Waals surface area contributed by atoms with Gasteiger partial charge in [0.25, 0.3) is 0 Å². The van der Waals surface area contributed by atoms with E-state index in [-0.39, 0.29) is 36.8 Å². The molecule has 126 valence electrons. The normalized spacial score (nSPS) is 15.5. The van der Waals surface area contributed by atoms with Gasteiger partial charge >= 0.3 is 0 Å². The van der Waals surface area contributed by atoms with Gasteiger partial charge in [-0.25, -0.2) is 5.84 Å². The predicted octanol–water partition coefficient (Wildman–Crippen LogP) is 2.65. The monoisotopic (exact) mass is 347 g/mol. The van der Waals surface area contributed by atoms with E-state index >= 15 is 0 Å². The van der Waals surface area contributed by atoms with E-state index in [4.69, 9.17) is 5.84 Å². The molecule has 1 amide bonds. The van der Waals surface area contributed by atoms with Gasteiger partial charge in [0.15, 0.2) is 0 Å². The summed E-state index contributed by atoms with van der Waals surface area (Å²) in [6.45, 7) is 4.75. The summed E-state index contributed by atoms with van der Waals surface area (Å²) in [4.78, 5) is 13.7. The second-order valence-corrected chi connectivity index (χ2v) is 5.59. The molecule has 0 bridgehead atoms. The molecule has 0 radical (unpaired) electrons. The lowest BCUT2D eigenvalue weighted by Crippen LogP contribution is -2.50. The molecule has 0 saturated carbocycles. The van der Waals surface area contributed by atoms with Crippen molar-refractivity contribution in [2.24, 2.45) is 5.84 Å². The fourth-order valence-corrected chi connectivity index (χ4v) is 2.83. The van der Waals surface area contributed by atoms with Gasteiger partial charge in [0, 0.05) is 20.0 Å². The van der Waals surface area contributed by atoms with Crippen LogP contribution in [0.15, 0.2) is 30.3 Å². The zero-order chi connectivity index (χ0) is 14.4. The van der Waals surface area contributed by atoms with Crippen LogP contribution < -0.4 is 5.84 Å². The molecular formula is C16H27Cl2N3O. The van der Waals surface area contributed by atoms with E-state index in [0.717, 1.165) is 38.9 Å². The van der Waals surface area contributed by atoms with Crippen molar-refractivity contribution in [1.82, 2.24) is 9.91 Å². The molecule has 2 rings (SSSR count). The van der Waals surface area contributed by atoms with Crippen LogP contribution in [0.1, 0.15) is 31.7 Å². The van der Waals surface area contributed by atoms with E-state index in [9.17, 15) is 4.79 Å². The zero-order valence-electron chi connectivity index (χ0n) is 13.1. The Hall–Kier alpha value is -0.810. The quantitative estimate of drug-likeness (QED) is 0.506. The summed E-state index contributed by atoms with van der Waals surface area (Å²) < 4.78 is 0. The van der Waals surface area contributed by atoms with Crippen LogP contribution >= 0.6 is 24.8 Å². The van der Waals surface area contributed by atoms with Gasteiger partial charge in [-0.3, -0.25) is 9.80 Å². The van der Waals surface area contributed by atoms with Gasteiger partial charge in [-0.1, -0.05) is 30.3 Å². The van der Waals surface area contributed by atoms with Crippen LogP contribution in [-0.4, -0.2) is 41.5 Å². The van der Waals surface area contributed by atoms with Crippen molar-refractivity contribution in [1.29, 1.82) is 0 Å². The van der Waals surface area contributed by atoms with Crippen LogP contribution in [0, 0.1) is 0 Å². The molecule has 0 aromatic heterocycles. The first-order valence-corrected chi connectivity index (χ1v) is 7.47. The number of hydrogen-bond donors (Lipinski definition) is 1. The fraction of sp³-hybridized carbons (Fsp3) is 0.562. The van der Waals surface area contributed by atoms with Crippen molar-refractivity contribution in [2.45, 2.75) is 38.6 Å². The number of halogens is 2. The largest absolute Gasteiger partial charge is 0.303 e. The van der Waals surface area contributed by atoms with Gasteiger partial charge < -0.3 is 4.90 Å². The van der Waals surface area contributed by atoms with Gasteiger partial charge in [0.2, 0.25) is 5.91 Å². The van der Waals surface area contributed by atoms with Gasteiger partial charge in [-0.2, -0.15) is 0 Å². The predicted molar refractivity (Wildman–Crippen MR) is 95.4 cm³/mol. The summed E-state index contributed by atoms with van der Waals surface area (Å²) in [7, 11) is 0. The number of carbonyl (C=O) groups is 1. The molecule has 1 aliphatic heterocycles. The lowest BCUT2D eigenvalue weighted by Gasteiger charge is -2.35. The minimum Gasteiger partial charge on any atom is -0.303 e. The minimum absolute atomic E-state index is 0. The van der Waals surface area contributed by atoms with Crippen molar-refractivity contribution in [2.75, 3.05) is 19.6 Å². The highest BCUT2D eigenvalue weighted by Crippen LogP contribution is 2.15. The van der Waals surface area contributed by atoms with E-state index in [2.05, 4.69) is 35.2 Å². The van der Waals surface area contributed by atoms with E-state index in [1.54, 1.807) is 0 Å². The Morgan fingerprint density at radius 3 is 2.36 bits per heavy atom. The highest BCUT2D eigenvalue weighted by molar-refractivity contribution is 5.85. The number of nitrogens with two attached hydrogens (primary N) is 1. The van der Waals surface area contributed by atoms with E-state index < -0.39 is 0 Å². The molecule has 2 N–H and O–H groups in total. The Morgan fingerprint density at radius 1 is 1.23 bits per heavy atom. The number of hydrazine groups is 1. The second kappa shape index (κ2) is 10.8. The zero-order valence-corrected chi connectivity index (χ0v) is 14.7. The average molecular weight is 348 g/mol. The molecule has 0 spiro atoms. The molecule has 6 heteroatoms. The molecule has 1 aliphatic rings. The van der Waals surface area contributed by atoms with Crippen molar-refractivity contribution in [3.63, 3.8) is 0 Å². The van der Waals surface area contributed by atoms with Gasteiger partial charge in [-0.15, -0.1) is 24.8 Å². The number of aryl methyl sites for hydroxylation is 1. The van der Waals surface area contributed by atoms with Crippen LogP contribution in [0.25, 0.3) is 0 Å². The van der Waals surface area contributed by atoms with Crippen LogP contribution in [-0.2, 0) is 11.2 Å². The van der Waals surface area contributed by atoms with Crippen molar-refractivity contribution in [3.05, 3.63) is 35.9 Å². The number of carbonyl (C=O) groups excluding carboxylic acids is 1. The lowest BCUT2D eigenvalue weighted by atomic mass is 10.0. The summed E-state index contributed by atoms with van der Waals surface area (Å²) >= 11 is 0. The Balaban J connectivity index is 0.00000220. The molecule has 4 nitrogen and oxygen atoms in total. The summed E-state index contributed by atoms with van der Waals surface area (Å²) in [5.74, 6) is 5.74. The Kier molecular flexibility index (Phi) is 10.4. The number of nitrogens with zero attached hydrogens (tertiary/aromatic N) is 2. The standard InChI is InChI=1S/C16H25N3O.2ClH/c1-14(20)19(17)16-9-12-18(13-10-16)11-5-8-15-6-3-2-4-7-15;;/h2-4,6-7,16H,5,8-13,17H2,1H3;2*1H. The van der Waals surface area contributed by atoms with Crippen molar-refractivity contribution < 1.29 is 4.79 Å². The molecule has 1 fully saturated rings. The van der Waals surface area contributed by atoms with Crippen LogP contribution in [0.2, 0.25) is 0 Å². The van der Waals surface area contributed by atoms with Gasteiger partial charge in [-0.05, 0) is 37.8 Å². The first-order valence-electron chi connectivity index (χ1n) is 7.47. The number of rotatable bonds is 5. The maximum absolute atomic E-state index is 11.2. The SMILES string of the molecule is CC(=O)N(N)C1CCN(CCCc2ccccc2)CC1.Cl.Cl. The van der Waals surface area contributed by atoms with Crippen molar-refractivity contribution >= 4 is 30.7 Å². The smallest absolute Gasteiger partial charge is 0.233 e. The van der Waals surface area contributed by atoms with Gasteiger partial charge in [0.1, 0.15) is 0 Å². The fourth-order valence-electron chi connectivity index (χ4n) is 2.83. The van der Waals surface area contributed by atoms with Crippen LogP contribution in [0.3, 0.4) is 0 Å². The third-order valence-electron chi connectivity index (χ3n) is 4.10. The third-order valence-corrected chi connectivity index (χ3v) is 4.10. The summed E-state index contributed by atoms with van der Waals surface area (Å²) in [6, 6.07) is 10.8.